The maximum atomic E-state index is 12.1. The molecule has 5 nitrogen and oxygen atoms in total. The Balaban J connectivity index is 1.66. The molecule has 1 N–H and O–H groups in total. The smallest absolute Gasteiger partial charge is 0.234 e. The summed E-state index contributed by atoms with van der Waals surface area (Å²) >= 11 is 3.04. The van der Waals surface area contributed by atoms with Gasteiger partial charge in [0, 0.05) is 22.0 Å². The van der Waals surface area contributed by atoms with Crippen molar-refractivity contribution in [2.75, 3.05) is 18.2 Å². The molecule has 0 bridgehead atoms. The van der Waals surface area contributed by atoms with Crippen molar-refractivity contribution in [3.8, 4) is 5.75 Å². The SMILES string of the molecule is COc1cccc(NC(=O)CSc2ncnc3sc(C)cc23)c1. The number of benzene rings is 1. The third-order valence-corrected chi connectivity index (χ3v) is 5.07. The fourth-order valence-corrected chi connectivity index (χ4v) is 3.79. The molecule has 0 spiro atoms. The van der Waals surface area contributed by atoms with E-state index < -0.39 is 0 Å². The van der Waals surface area contributed by atoms with E-state index in [1.807, 2.05) is 25.1 Å². The third kappa shape index (κ3) is 3.80. The van der Waals surface area contributed by atoms with Gasteiger partial charge in [-0.15, -0.1) is 11.3 Å². The number of amides is 1. The number of hydrogen-bond acceptors (Lipinski definition) is 6. The second kappa shape index (κ2) is 6.97. The molecule has 0 saturated heterocycles. The highest BCUT2D eigenvalue weighted by molar-refractivity contribution is 8.00. The monoisotopic (exact) mass is 345 g/mol. The van der Waals surface area contributed by atoms with Crippen molar-refractivity contribution in [2.24, 2.45) is 0 Å². The summed E-state index contributed by atoms with van der Waals surface area (Å²) in [6.07, 6.45) is 1.54. The molecule has 3 aromatic rings. The van der Waals surface area contributed by atoms with Crippen molar-refractivity contribution in [3.63, 3.8) is 0 Å². The molecule has 2 heterocycles. The number of thiophene rings is 1. The van der Waals surface area contributed by atoms with Crippen LogP contribution in [0.4, 0.5) is 5.69 Å². The van der Waals surface area contributed by atoms with E-state index in [1.54, 1.807) is 30.8 Å². The van der Waals surface area contributed by atoms with Crippen molar-refractivity contribution in [2.45, 2.75) is 11.9 Å². The third-order valence-electron chi connectivity index (χ3n) is 3.11. The van der Waals surface area contributed by atoms with Crippen LogP contribution < -0.4 is 10.1 Å². The quantitative estimate of drug-likeness (QED) is 0.564. The first kappa shape index (κ1) is 15.8. The fraction of sp³-hybridized carbons (Fsp3) is 0.188. The van der Waals surface area contributed by atoms with Crippen LogP contribution in [0, 0.1) is 6.92 Å². The lowest BCUT2D eigenvalue weighted by molar-refractivity contribution is -0.113. The number of nitrogens with one attached hydrogen (secondary N) is 1. The van der Waals surface area contributed by atoms with E-state index in [9.17, 15) is 4.79 Å². The molecule has 0 radical (unpaired) electrons. The summed E-state index contributed by atoms with van der Waals surface area (Å²) in [4.78, 5) is 22.8. The first-order valence-corrected chi connectivity index (χ1v) is 8.74. The zero-order chi connectivity index (χ0) is 16.2. The van der Waals surface area contributed by atoms with Gasteiger partial charge in [0.15, 0.2) is 0 Å². The number of rotatable bonds is 5. The second-order valence-corrected chi connectivity index (χ2v) is 7.02. The number of carbonyl (C=O) groups excluding carboxylic acids is 1. The molecule has 118 valence electrons. The van der Waals surface area contributed by atoms with E-state index in [1.165, 1.54) is 16.6 Å². The van der Waals surface area contributed by atoms with Crippen molar-refractivity contribution < 1.29 is 9.53 Å². The molecular weight excluding hydrogens is 330 g/mol. The predicted octanol–water partition coefficient (Wildman–Crippen LogP) is 3.74. The van der Waals surface area contributed by atoms with Crippen molar-refractivity contribution in [1.82, 2.24) is 9.97 Å². The summed E-state index contributed by atoms with van der Waals surface area (Å²) in [5.74, 6) is 0.918. The molecule has 0 aliphatic carbocycles. The van der Waals surface area contributed by atoms with Gasteiger partial charge in [0.25, 0.3) is 0 Å². The number of anilines is 1. The Labute approximate surface area is 142 Å². The summed E-state index contributed by atoms with van der Waals surface area (Å²) in [6, 6.07) is 9.34. The van der Waals surface area contributed by atoms with Gasteiger partial charge in [0.2, 0.25) is 5.91 Å². The Kier molecular flexibility index (Phi) is 4.78. The molecule has 2 aromatic heterocycles. The summed E-state index contributed by atoms with van der Waals surface area (Å²) in [7, 11) is 1.60. The second-order valence-electron chi connectivity index (χ2n) is 4.82. The van der Waals surface area contributed by atoms with Crippen molar-refractivity contribution in [1.29, 1.82) is 0 Å². The van der Waals surface area contributed by atoms with Gasteiger partial charge >= 0.3 is 0 Å². The standard InChI is InChI=1S/C16H15N3O2S2/c1-10-6-13-15(17-9-18-16(13)23-10)22-8-14(20)19-11-4-3-5-12(7-11)21-2/h3-7,9H,8H2,1-2H3,(H,19,20). The molecule has 7 heteroatoms. The van der Waals surface area contributed by atoms with Crippen molar-refractivity contribution in [3.05, 3.63) is 41.5 Å². The van der Waals surface area contributed by atoms with Crippen LogP contribution in [0.1, 0.15) is 4.88 Å². The van der Waals surface area contributed by atoms with Crippen LogP contribution in [0.2, 0.25) is 0 Å². The van der Waals surface area contributed by atoms with Crippen LogP contribution >= 0.6 is 23.1 Å². The Morgan fingerprint density at radius 3 is 3.04 bits per heavy atom. The number of methoxy groups -OCH3 is 1. The van der Waals surface area contributed by atoms with Crippen LogP contribution in [0.25, 0.3) is 10.2 Å². The van der Waals surface area contributed by atoms with Gasteiger partial charge in [-0.3, -0.25) is 4.79 Å². The van der Waals surface area contributed by atoms with Gasteiger partial charge in [0.1, 0.15) is 21.9 Å². The van der Waals surface area contributed by atoms with E-state index in [-0.39, 0.29) is 11.7 Å². The number of thioether (sulfide) groups is 1. The Bertz CT molecular complexity index is 848. The highest BCUT2D eigenvalue weighted by Gasteiger charge is 2.10. The molecule has 0 unspecified atom stereocenters. The first-order valence-electron chi connectivity index (χ1n) is 6.93. The topological polar surface area (TPSA) is 64.1 Å². The molecule has 3 rings (SSSR count). The van der Waals surface area contributed by atoms with Gasteiger partial charge in [-0.05, 0) is 25.1 Å². The lowest BCUT2D eigenvalue weighted by Crippen LogP contribution is -2.14. The Hall–Kier alpha value is -2.12. The average molecular weight is 345 g/mol. The zero-order valence-corrected chi connectivity index (χ0v) is 14.3. The number of aromatic nitrogens is 2. The number of nitrogens with zero attached hydrogens (tertiary/aromatic N) is 2. The van der Waals surface area contributed by atoms with E-state index in [0.29, 0.717) is 11.4 Å². The number of hydrogen-bond donors (Lipinski definition) is 1. The summed E-state index contributed by atoms with van der Waals surface area (Å²) in [5, 5.41) is 4.70. The van der Waals surface area contributed by atoms with E-state index in [4.69, 9.17) is 4.74 Å². The lowest BCUT2D eigenvalue weighted by Gasteiger charge is -2.07. The largest absolute Gasteiger partial charge is 0.497 e. The number of ether oxygens (including phenoxy) is 1. The van der Waals surface area contributed by atoms with E-state index in [0.717, 1.165) is 15.2 Å². The van der Waals surface area contributed by atoms with Gasteiger partial charge in [-0.1, -0.05) is 17.8 Å². The normalized spacial score (nSPS) is 10.7. The minimum absolute atomic E-state index is 0.0815. The minimum Gasteiger partial charge on any atom is -0.497 e. The van der Waals surface area contributed by atoms with Crippen LogP contribution in [0.15, 0.2) is 41.7 Å². The predicted molar refractivity (Wildman–Crippen MR) is 94.5 cm³/mol. The molecule has 23 heavy (non-hydrogen) atoms. The fourth-order valence-electron chi connectivity index (χ4n) is 2.10. The number of aryl methyl sites for hydroxylation is 1. The van der Waals surface area contributed by atoms with Gasteiger partial charge in [-0.2, -0.15) is 0 Å². The highest BCUT2D eigenvalue weighted by atomic mass is 32.2. The first-order chi connectivity index (χ1) is 11.2. The lowest BCUT2D eigenvalue weighted by atomic mass is 10.3. The Morgan fingerprint density at radius 2 is 2.22 bits per heavy atom. The summed E-state index contributed by atoms with van der Waals surface area (Å²) in [5.41, 5.74) is 0.717. The van der Waals surface area contributed by atoms with E-state index >= 15 is 0 Å². The van der Waals surface area contributed by atoms with Crippen LogP contribution in [0.3, 0.4) is 0 Å². The van der Waals surface area contributed by atoms with Gasteiger partial charge in [0.05, 0.1) is 12.9 Å². The molecule has 0 aliphatic heterocycles. The summed E-state index contributed by atoms with van der Waals surface area (Å²) in [6.45, 7) is 2.04. The maximum Gasteiger partial charge on any atom is 0.234 e. The Morgan fingerprint density at radius 1 is 1.35 bits per heavy atom. The minimum atomic E-state index is -0.0815. The molecule has 0 fully saturated rings. The number of carbonyl (C=O) groups is 1. The van der Waals surface area contributed by atoms with Crippen LogP contribution in [-0.2, 0) is 4.79 Å². The molecular formula is C16H15N3O2S2. The molecule has 0 atom stereocenters. The van der Waals surface area contributed by atoms with Crippen LogP contribution in [0.5, 0.6) is 5.75 Å². The van der Waals surface area contributed by atoms with Gasteiger partial charge in [-0.25, -0.2) is 9.97 Å². The molecule has 1 amide bonds. The zero-order valence-electron chi connectivity index (χ0n) is 12.7. The highest BCUT2D eigenvalue weighted by Crippen LogP contribution is 2.30. The van der Waals surface area contributed by atoms with E-state index in [2.05, 4.69) is 21.4 Å². The van der Waals surface area contributed by atoms with Gasteiger partial charge < -0.3 is 10.1 Å². The molecule has 1 aromatic carbocycles. The summed E-state index contributed by atoms with van der Waals surface area (Å²) < 4.78 is 5.14. The maximum absolute atomic E-state index is 12.1. The van der Waals surface area contributed by atoms with Crippen molar-refractivity contribution >= 4 is 44.9 Å². The molecule has 0 saturated carbocycles. The number of fused-ring (bicyclic) bond motifs is 1. The van der Waals surface area contributed by atoms with Crippen LogP contribution in [-0.4, -0.2) is 28.7 Å². The average Bonchev–Trinajstić information content (AvgIpc) is 2.93. The molecule has 0 aliphatic rings.